The minimum atomic E-state index is 0.616. The van der Waals surface area contributed by atoms with Crippen molar-refractivity contribution in [3.05, 3.63) is 109 Å². The monoisotopic (exact) mass is 345 g/mol. The maximum absolute atomic E-state index is 5.35. The minimum absolute atomic E-state index is 0.616. The van der Waals surface area contributed by atoms with Crippen LogP contribution in [0.4, 0.5) is 0 Å². The summed E-state index contributed by atoms with van der Waals surface area (Å²) in [6, 6.07) is 7.54. The molecule has 0 fully saturated rings. The lowest BCUT2D eigenvalue weighted by Crippen LogP contribution is -2.10. The molecular weight excluding hydrogens is 326 g/mol. The number of allylic oxidation sites excluding steroid dienone is 12. The van der Waals surface area contributed by atoms with E-state index in [9.17, 15) is 0 Å². The maximum atomic E-state index is 5.35. The summed E-state index contributed by atoms with van der Waals surface area (Å²) in [5.41, 5.74) is 3.26. The van der Waals surface area contributed by atoms with Crippen molar-refractivity contribution in [2.24, 2.45) is 20.8 Å². The van der Waals surface area contributed by atoms with Crippen LogP contribution >= 0.6 is 0 Å². The largest absolute Gasteiger partial charge is 0.363 e. The molecule has 1 aliphatic heterocycles. The van der Waals surface area contributed by atoms with Gasteiger partial charge in [-0.1, -0.05) is 91.1 Å². The van der Waals surface area contributed by atoms with E-state index in [0.29, 0.717) is 5.75 Å². The van der Waals surface area contributed by atoms with E-state index in [2.05, 4.69) is 26.4 Å². The number of fused-ring (bicyclic) bond motifs is 1. The fourth-order valence-corrected chi connectivity index (χ4v) is 1.76. The lowest BCUT2D eigenvalue weighted by atomic mass is 10.2. The van der Waals surface area contributed by atoms with Crippen LogP contribution in [0.1, 0.15) is 5.56 Å². The quantitative estimate of drug-likeness (QED) is 0.662. The van der Waals surface area contributed by atoms with Crippen molar-refractivity contribution in [3.8, 4) is 5.75 Å². The molecule has 26 heavy (non-hydrogen) atoms. The molecule has 1 aliphatic rings. The summed E-state index contributed by atoms with van der Waals surface area (Å²) in [6.07, 6.45) is 26.3. The van der Waals surface area contributed by atoms with Crippen LogP contribution in [0.25, 0.3) is 6.08 Å². The molecule has 6 nitrogen and oxygen atoms in total. The predicted molar refractivity (Wildman–Crippen MR) is 104 cm³/mol. The van der Waals surface area contributed by atoms with E-state index in [1.807, 2.05) is 97.2 Å². The van der Waals surface area contributed by atoms with Gasteiger partial charge in [0.25, 0.3) is 0 Å². The molecule has 1 N–H and O–H groups in total. The average molecular weight is 345 g/mol. The van der Waals surface area contributed by atoms with Gasteiger partial charge in [-0.2, -0.15) is 0 Å². The fraction of sp³-hybridized carbons (Fsp3) is 0. The standard InChI is InChI=1S/C20H19N5O/c1-2-4-6-8-10-14-18-21-22-23-24-25-26-20-17-13-12-16-19(20)15-11-9-7-5-3-1/h1-18H,(H,21,23,25)/b2-1?,5-3-,6-4?,9-7-,10-8+,15-11-,18-14-. The van der Waals surface area contributed by atoms with Crippen LogP contribution in [0.2, 0.25) is 0 Å². The van der Waals surface area contributed by atoms with Crippen LogP contribution in [0.15, 0.2) is 124 Å². The van der Waals surface area contributed by atoms with Gasteiger partial charge in [-0.3, -0.25) is 0 Å². The molecule has 0 unspecified atom stereocenters. The van der Waals surface area contributed by atoms with Gasteiger partial charge in [0.1, 0.15) is 0 Å². The summed E-state index contributed by atoms with van der Waals surface area (Å²) in [4.78, 5) is 5.35. The molecule has 0 spiro atoms. The first-order valence-corrected chi connectivity index (χ1v) is 7.94. The third-order valence-corrected chi connectivity index (χ3v) is 2.90. The first-order valence-electron chi connectivity index (χ1n) is 7.94. The van der Waals surface area contributed by atoms with Crippen molar-refractivity contribution in [2.75, 3.05) is 0 Å². The van der Waals surface area contributed by atoms with Crippen LogP contribution < -0.4 is 10.4 Å². The van der Waals surface area contributed by atoms with E-state index >= 15 is 0 Å². The minimum Gasteiger partial charge on any atom is -0.363 e. The molecule has 130 valence electrons. The molecule has 1 aromatic carbocycles. The molecule has 0 bridgehead atoms. The van der Waals surface area contributed by atoms with Crippen molar-refractivity contribution >= 4 is 6.08 Å². The summed E-state index contributed by atoms with van der Waals surface area (Å²) in [7, 11) is 0. The number of rotatable bonds is 0. The molecule has 0 saturated carbocycles. The lowest BCUT2D eigenvalue weighted by molar-refractivity contribution is 0.190. The van der Waals surface area contributed by atoms with Crippen LogP contribution in [0.3, 0.4) is 0 Å². The summed E-state index contributed by atoms with van der Waals surface area (Å²) in [5.74, 6) is 0.616. The van der Waals surface area contributed by atoms with Gasteiger partial charge < -0.3 is 4.84 Å². The van der Waals surface area contributed by atoms with E-state index in [-0.39, 0.29) is 0 Å². The molecule has 0 saturated heterocycles. The summed E-state index contributed by atoms with van der Waals surface area (Å²) in [5, 5.41) is 14.2. The smallest absolute Gasteiger partial charge is 0.164 e. The third kappa shape index (κ3) is 8.16. The number of nitrogens with zero attached hydrogens (tertiary/aromatic N) is 4. The molecular formula is C20H19N5O. The number of hydrogen-bond acceptors (Lipinski definition) is 6. The fourth-order valence-electron chi connectivity index (χ4n) is 1.76. The Bertz CT molecular complexity index is 811. The first-order chi connectivity index (χ1) is 13.0. The number of hydrogen-bond donors (Lipinski definition) is 1. The van der Waals surface area contributed by atoms with Crippen LogP contribution in [-0.4, -0.2) is 0 Å². The highest BCUT2D eigenvalue weighted by Gasteiger charge is 1.98. The van der Waals surface area contributed by atoms with E-state index < -0.39 is 0 Å². The summed E-state index contributed by atoms with van der Waals surface area (Å²) in [6.45, 7) is 0. The molecule has 0 atom stereocenters. The zero-order chi connectivity index (χ0) is 18.1. The zero-order valence-electron chi connectivity index (χ0n) is 14.1. The van der Waals surface area contributed by atoms with Gasteiger partial charge in [-0.15, -0.1) is 10.7 Å². The second-order valence-electron chi connectivity index (χ2n) is 4.75. The van der Waals surface area contributed by atoms with Gasteiger partial charge in [-0.05, 0) is 27.8 Å². The van der Waals surface area contributed by atoms with E-state index in [4.69, 9.17) is 4.84 Å². The third-order valence-electron chi connectivity index (χ3n) is 2.90. The Hall–Kier alpha value is -3.80. The molecule has 1 aromatic rings. The van der Waals surface area contributed by atoms with Crippen molar-refractivity contribution in [1.82, 2.24) is 5.59 Å². The summed E-state index contributed by atoms with van der Waals surface area (Å²) < 4.78 is 0. The number of para-hydroxylation sites is 1. The highest BCUT2D eigenvalue weighted by atomic mass is 16.7. The Balaban J connectivity index is 2.10. The van der Waals surface area contributed by atoms with Crippen molar-refractivity contribution < 1.29 is 4.84 Å². The molecule has 6 heteroatoms. The van der Waals surface area contributed by atoms with Crippen LogP contribution in [0.5, 0.6) is 5.75 Å². The van der Waals surface area contributed by atoms with Gasteiger partial charge >= 0.3 is 0 Å². The van der Waals surface area contributed by atoms with Gasteiger partial charge in [0.2, 0.25) is 0 Å². The normalized spacial score (nSPS) is 23.5. The van der Waals surface area contributed by atoms with Gasteiger partial charge in [-0.25, -0.2) is 0 Å². The van der Waals surface area contributed by atoms with Gasteiger partial charge in [0.15, 0.2) is 5.75 Å². The topological polar surface area (TPSA) is 70.7 Å². The second kappa shape index (κ2) is 12.6. The van der Waals surface area contributed by atoms with Crippen molar-refractivity contribution in [2.45, 2.75) is 0 Å². The molecule has 1 heterocycles. The Kier molecular flexibility index (Phi) is 8.98. The van der Waals surface area contributed by atoms with Gasteiger partial charge in [0.05, 0.1) is 6.20 Å². The highest BCUT2D eigenvalue weighted by Crippen LogP contribution is 2.18. The van der Waals surface area contributed by atoms with Crippen LogP contribution in [-0.2, 0) is 0 Å². The van der Waals surface area contributed by atoms with Crippen molar-refractivity contribution in [3.63, 3.8) is 0 Å². The number of nitrogens with one attached hydrogen (secondary N) is 1. The molecule has 0 aromatic heterocycles. The molecule has 0 amide bonds. The van der Waals surface area contributed by atoms with E-state index in [1.165, 1.54) is 6.20 Å². The SMILES string of the molecule is C1=C\C=C/C=C\C=C/c2ccccc2ON\N=N/N=N\C=C/C=C/C=C1. The Morgan fingerprint density at radius 2 is 1.27 bits per heavy atom. The molecule has 2 rings (SSSR count). The van der Waals surface area contributed by atoms with Crippen LogP contribution in [0, 0.1) is 0 Å². The lowest BCUT2D eigenvalue weighted by Gasteiger charge is -2.04. The molecule has 0 radical (unpaired) electrons. The first kappa shape index (κ1) is 18.5. The second-order valence-corrected chi connectivity index (χ2v) is 4.75. The predicted octanol–water partition coefficient (Wildman–Crippen LogP) is 5.63. The maximum Gasteiger partial charge on any atom is 0.164 e. The molecule has 0 aliphatic carbocycles. The van der Waals surface area contributed by atoms with Crippen molar-refractivity contribution in [1.29, 1.82) is 0 Å². The number of benzene rings is 1. The Labute approximate surface area is 152 Å². The van der Waals surface area contributed by atoms with E-state index in [0.717, 1.165) is 5.56 Å². The zero-order valence-corrected chi connectivity index (χ0v) is 14.1. The van der Waals surface area contributed by atoms with E-state index in [1.54, 1.807) is 6.08 Å². The van der Waals surface area contributed by atoms with Gasteiger partial charge in [0, 0.05) is 5.56 Å². The highest BCUT2D eigenvalue weighted by molar-refractivity contribution is 5.58. The Morgan fingerprint density at radius 3 is 2.00 bits per heavy atom. The Morgan fingerprint density at radius 1 is 0.654 bits per heavy atom. The summed E-state index contributed by atoms with van der Waals surface area (Å²) >= 11 is 0. The average Bonchev–Trinajstić information content (AvgIpc) is 2.66.